The van der Waals surface area contributed by atoms with Gasteiger partial charge in [-0.3, -0.25) is 9.59 Å². The number of nitrogens with zero attached hydrogens (tertiary/aromatic N) is 1. The number of thiazole rings is 1. The van der Waals surface area contributed by atoms with E-state index in [1.807, 2.05) is 17.5 Å². The number of carbonyl (C=O) groups is 2. The fraction of sp³-hybridized carbons (Fsp3) is 0.318. The number of hydrogen-bond acceptors (Lipinski definition) is 6. The Balaban J connectivity index is 1.51. The molecule has 0 bridgehead atoms. The first-order valence-corrected chi connectivity index (χ1v) is 11.6. The number of ether oxygens (including phenoxy) is 1. The zero-order chi connectivity index (χ0) is 21.8. The summed E-state index contributed by atoms with van der Waals surface area (Å²) in [5.74, 6) is -0.553. The van der Waals surface area contributed by atoms with Crippen LogP contribution in [0.2, 0.25) is 0 Å². The zero-order valence-corrected chi connectivity index (χ0v) is 18.6. The van der Waals surface area contributed by atoms with Gasteiger partial charge in [0.15, 0.2) is 5.13 Å². The molecule has 2 amide bonds. The van der Waals surface area contributed by atoms with Crippen LogP contribution in [0, 0.1) is 5.82 Å². The molecule has 0 unspecified atom stereocenters. The molecule has 0 saturated carbocycles. The van der Waals surface area contributed by atoms with Crippen molar-refractivity contribution in [2.24, 2.45) is 0 Å². The number of amides is 2. The lowest BCUT2D eigenvalue weighted by Crippen LogP contribution is -2.44. The van der Waals surface area contributed by atoms with Crippen molar-refractivity contribution in [1.29, 1.82) is 0 Å². The van der Waals surface area contributed by atoms with Gasteiger partial charge in [-0.15, -0.1) is 22.7 Å². The topological polar surface area (TPSA) is 80.3 Å². The largest absolute Gasteiger partial charge is 0.381 e. The van der Waals surface area contributed by atoms with E-state index in [1.165, 1.54) is 30.4 Å². The summed E-state index contributed by atoms with van der Waals surface area (Å²) in [4.78, 5) is 31.0. The second-order valence-corrected chi connectivity index (χ2v) is 9.40. The number of thiophene rings is 1. The van der Waals surface area contributed by atoms with E-state index >= 15 is 0 Å². The molecule has 31 heavy (non-hydrogen) atoms. The highest BCUT2D eigenvalue weighted by atomic mass is 32.1. The average Bonchev–Trinajstić information content (AvgIpc) is 3.42. The maximum Gasteiger partial charge on any atom is 0.236 e. The molecule has 3 aromatic rings. The molecule has 0 atom stereocenters. The van der Waals surface area contributed by atoms with Crippen molar-refractivity contribution in [3.8, 4) is 10.6 Å². The summed E-state index contributed by atoms with van der Waals surface area (Å²) < 4.78 is 18.9. The van der Waals surface area contributed by atoms with Gasteiger partial charge >= 0.3 is 0 Å². The maximum absolute atomic E-state index is 13.4. The highest BCUT2D eigenvalue weighted by molar-refractivity contribution is 7.17. The van der Waals surface area contributed by atoms with E-state index in [0.29, 0.717) is 37.7 Å². The molecule has 1 aliphatic rings. The van der Waals surface area contributed by atoms with Gasteiger partial charge in [0.1, 0.15) is 5.82 Å². The van der Waals surface area contributed by atoms with E-state index in [0.717, 1.165) is 21.0 Å². The Morgan fingerprint density at radius 3 is 2.61 bits per heavy atom. The SMILES string of the molecule is CC(=O)NCc1ccc(-c2csc(NC(=O)C3(c4ccc(F)cc4)CCOCC3)n2)s1. The molecule has 1 fully saturated rings. The average molecular weight is 460 g/mol. The van der Waals surface area contributed by atoms with Crippen LogP contribution in [0.3, 0.4) is 0 Å². The summed E-state index contributed by atoms with van der Waals surface area (Å²) >= 11 is 2.91. The molecule has 162 valence electrons. The van der Waals surface area contributed by atoms with Crippen molar-refractivity contribution >= 4 is 39.6 Å². The van der Waals surface area contributed by atoms with Crippen molar-refractivity contribution in [2.45, 2.75) is 31.7 Å². The van der Waals surface area contributed by atoms with Crippen LogP contribution in [-0.4, -0.2) is 30.0 Å². The molecular weight excluding hydrogens is 437 g/mol. The van der Waals surface area contributed by atoms with Crippen LogP contribution < -0.4 is 10.6 Å². The molecule has 2 N–H and O–H groups in total. The van der Waals surface area contributed by atoms with Gasteiger partial charge in [0.2, 0.25) is 11.8 Å². The minimum Gasteiger partial charge on any atom is -0.381 e. The van der Waals surface area contributed by atoms with Crippen LogP contribution in [0.5, 0.6) is 0 Å². The molecular formula is C22H22FN3O3S2. The van der Waals surface area contributed by atoms with E-state index in [2.05, 4.69) is 15.6 Å². The number of benzene rings is 1. The Morgan fingerprint density at radius 2 is 1.90 bits per heavy atom. The van der Waals surface area contributed by atoms with Crippen LogP contribution in [-0.2, 0) is 26.3 Å². The summed E-state index contributed by atoms with van der Waals surface area (Å²) in [6, 6.07) is 10.0. The third-order valence-electron chi connectivity index (χ3n) is 5.33. The number of anilines is 1. The molecule has 2 aromatic heterocycles. The summed E-state index contributed by atoms with van der Waals surface area (Å²) in [5.41, 5.74) is 0.793. The third-order valence-corrected chi connectivity index (χ3v) is 7.19. The van der Waals surface area contributed by atoms with Gasteiger partial charge in [-0.2, -0.15) is 0 Å². The first-order chi connectivity index (χ1) is 15.0. The van der Waals surface area contributed by atoms with E-state index in [1.54, 1.807) is 23.5 Å². The monoisotopic (exact) mass is 459 g/mol. The lowest BCUT2D eigenvalue weighted by Gasteiger charge is -2.36. The van der Waals surface area contributed by atoms with Gasteiger partial charge in [0.05, 0.1) is 22.5 Å². The van der Waals surface area contributed by atoms with Gasteiger partial charge in [0.25, 0.3) is 0 Å². The first kappa shape index (κ1) is 21.6. The summed E-state index contributed by atoms with van der Waals surface area (Å²) in [5, 5.41) is 8.17. The fourth-order valence-electron chi connectivity index (χ4n) is 3.62. The van der Waals surface area contributed by atoms with Crippen LogP contribution >= 0.6 is 22.7 Å². The molecule has 0 spiro atoms. The molecule has 0 radical (unpaired) electrons. The Hall–Kier alpha value is -2.62. The van der Waals surface area contributed by atoms with E-state index in [-0.39, 0.29) is 17.6 Å². The normalized spacial score (nSPS) is 15.4. The molecule has 6 nitrogen and oxygen atoms in total. The van der Waals surface area contributed by atoms with Crippen LogP contribution in [0.1, 0.15) is 30.2 Å². The molecule has 1 aromatic carbocycles. The highest BCUT2D eigenvalue weighted by Crippen LogP contribution is 2.37. The Morgan fingerprint density at radius 1 is 1.16 bits per heavy atom. The lowest BCUT2D eigenvalue weighted by atomic mass is 9.73. The Bertz CT molecular complexity index is 1070. The minimum atomic E-state index is -0.772. The highest BCUT2D eigenvalue weighted by Gasteiger charge is 2.42. The van der Waals surface area contributed by atoms with Crippen molar-refractivity contribution in [2.75, 3.05) is 18.5 Å². The third kappa shape index (κ3) is 4.84. The van der Waals surface area contributed by atoms with Crippen molar-refractivity contribution in [3.05, 3.63) is 58.0 Å². The second-order valence-electron chi connectivity index (χ2n) is 7.37. The predicted molar refractivity (Wildman–Crippen MR) is 120 cm³/mol. The van der Waals surface area contributed by atoms with E-state index < -0.39 is 5.41 Å². The maximum atomic E-state index is 13.4. The van der Waals surface area contributed by atoms with Crippen molar-refractivity contribution in [1.82, 2.24) is 10.3 Å². The zero-order valence-electron chi connectivity index (χ0n) is 16.9. The fourth-order valence-corrected chi connectivity index (χ4v) is 5.31. The summed E-state index contributed by atoms with van der Waals surface area (Å²) in [6.07, 6.45) is 1.06. The molecule has 0 aliphatic carbocycles. The smallest absolute Gasteiger partial charge is 0.236 e. The number of carbonyl (C=O) groups excluding carboxylic acids is 2. The Labute approximate surface area is 187 Å². The van der Waals surface area contributed by atoms with Gasteiger partial charge < -0.3 is 15.4 Å². The van der Waals surface area contributed by atoms with E-state index in [4.69, 9.17) is 4.74 Å². The molecule has 3 heterocycles. The summed E-state index contributed by atoms with van der Waals surface area (Å²) in [7, 11) is 0. The van der Waals surface area contributed by atoms with Crippen molar-refractivity contribution in [3.63, 3.8) is 0 Å². The second kappa shape index (κ2) is 9.25. The lowest BCUT2D eigenvalue weighted by molar-refractivity contribution is -0.125. The molecule has 1 saturated heterocycles. The number of rotatable bonds is 6. The molecule has 9 heteroatoms. The number of nitrogens with one attached hydrogen (secondary N) is 2. The van der Waals surface area contributed by atoms with E-state index in [9.17, 15) is 14.0 Å². The van der Waals surface area contributed by atoms with Crippen LogP contribution in [0.15, 0.2) is 41.8 Å². The minimum absolute atomic E-state index is 0.0724. The number of hydrogen-bond donors (Lipinski definition) is 2. The number of halogens is 1. The summed E-state index contributed by atoms with van der Waals surface area (Å²) in [6.45, 7) is 2.91. The van der Waals surface area contributed by atoms with Gasteiger partial charge in [-0.05, 0) is 42.7 Å². The van der Waals surface area contributed by atoms with Crippen LogP contribution in [0.4, 0.5) is 9.52 Å². The first-order valence-electron chi connectivity index (χ1n) is 9.90. The predicted octanol–water partition coefficient (Wildman–Crippen LogP) is 4.33. The Kier molecular flexibility index (Phi) is 6.45. The van der Waals surface area contributed by atoms with Gasteiger partial charge in [-0.1, -0.05) is 12.1 Å². The quantitative estimate of drug-likeness (QED) is 0.575. The standard InChI is InChI=1S/C22H22FN3O3S2/c1-14(27)24-12-17-6-7-19(31-17)18-13-30-21(25-18)26-20(28)22(8-10-29-11-9-22)15-2-4-16(23)5-3-15/h2-7,13H,8-12H2,1H3,(H,24,27)(H,25,26,28). The van der Waals surface area contributed by atoms with Gasteiger partial charge in [0, 0.05) is 30.4 Å². The molecule has 4 rings (SSSR count). The molecule has 1 aliphatic heterocycles. The van der Waals surface area contributed by atoms with Crippen LogP contribution in [0.25, 0.3) is 10.6 Å². The van der Waals surface area contributed by atoms with Gasteiger partial charge in [-0.25, -0.2) is 9.37 Å². The van der Waals surface area contributed by atoms with Crippen molar-refractivity contribution < 1.29 is 18.7 Å². The number of aromatic nitrogens is 1.